The summed E-state index contributed by atoms with van der Waals surface area (Å²) in [5.74, 6) is 1.81. The third-order valence-corrected chi connectivity index (χ3v) is 11.8. The van der Waals surface area contributed by atoms with E-state index in [4.69, 9.17) is 19.4 Å². The maximum absolute atomic E-state index is 6.67. The summed E-state index contributed by atoms with van der Waals surface area (Å²) in [4.78, 5) is 15.6. The third-order valence-electron chi connectivity index (χ3n) is 10.6. The van der Waals surface area contributed by atoms with Gasteiger partial charge in [-0.15, -0.1) is 11.3 Å². The number of benzene rings is 8. The van der Waals surface area contributed by atoms with Crippen molar-refractivity contribution in [3.63, 3.8) is 0 Å². The zero-order valence-electron chi connectivity index (χ0n) is 30.1. The molecule has 0 saturated carbocycles. The number of thiophene rings is 1. The van der Waals surface area contributed by atoms with Gasteiger partial charge in [0.1, 0.15) is 11.2 Å². The van der Waals surface area contributed by atoms with Gasteiger partial charge in [-0.3, -0.25) is 0 Å². The molecule has 8 aromatic carbocycles. The first kappa shape index (κ1) is 32.2. The average molecular weight is 734 g/mol. The lowest BCUT2D eigenvalue weighted by Gasteiger charge is -2.14. The first-order valence-electron chi connectivity index (χ1n) is 18.7. The van der Waals surface area contributed by atoms with E-state index in [9.17, 15) is 0 Å². The molecule has 3 aromatic heterocycles. The van der Waals surface area contributed by atoms with Crippen LogP contribution in [0.1, 0.15) is 0 Å². The molecule has 0 atom stereocenters. The molecule has 0 aliphatic carbocycles. The van der Waals surface area contributed by atoms with Crippen LogP contribution < -0.4 is 0 Å². The van der Waals surface area contributed by atoms with Gasteiger partial charge in [0.25, 0.3) is 0 Å². The molecule has 3 heterocycles. The van der Waals surface area contributed by atoms with Gasteiger partial charge in [0.15, 0.2) is 17.5 Å². The van der Waals surface area contributed by atoms with E-state index in [1.54, 1.807) is 0 Å². The van der Waals surface area contributed by atoms with E-state index in [-0.39, 0.29) is 0 Å². The summed E-state index contributed by atoms with van der Waals surface area (Å²) in [6.45, 7) is 0. The molecule has 0 bridgehead atoms. The maximum Gasteiger partial charge on any atom is 0.164 e. The van der Waals surface area contributed by atoms with Crippen LogP contribution in [0.15, 0.2) is 192 Å². The molecule has 11 aromatic rings. The fourth-order valence-corrected chi connectivity index (χ4v) is 9.16. The first-order chi connectivity index (χ1) is 27.7. The van der Waals surface area contributed by atoms with Gasteiger partial charge >= 0.3 is 0 Å². The van der Waals surface area contributed by atoms with Crippen LogP contribution in [0.5, 0.6) is 0 Å². The minimum Gasteiger partial charge on any atom is -0.456 e. The highest BCUT2D eigenvalue weighted by molar-refractivity contribution is 7.26. The van der Waals surface area contributed by atoms with Gasteiger partial charge in [0, 0.05) is 53.2 Å². The van der Waals surface area contributed by atoms with Crippen molar-refractivity contribution >= 4 is 53.4 Å². The van der Waals surface area contributed by atoms with Gasteiger partial charge in [-0.2, -0.15) is 0 Å². The molecule has 11 rings (SSSR count). The number of aromatic nitrogens is 3. The molecule has 0 fully saturated rings. The molecule has 0 unspecified atom stereocenters. The second-order valence-corrected chi connectivity index (χ2v) is 15.0. The zero-order chi connectivity index (χ0) is 37.0. The van der Waals surface area contributed by atoms with Crippen LogP contribution >= 0.6 is 11.3 Å². The third kappa shape index (κ3) is 5.48. The van der Waals surface area contributed by atoms with Crippen LogP contribution in [-0.4, -0.2) is 15.0 Å². The van der Waals surface area contributed by atoms with Crippen molar-refractivity contribution in [3.05, 3.63) is 188 Å². The Hall–Kier alpha value is -7.21. The normalized spacial score (nSPS) is 11.6. The Morgan fingerprint density at radius 2 is 0.911 bits per heavy atom. The fourth-order valence-electron chi connectivity index (χ4n) is 7.89. The predicted octanol–water partition coefficient (Wildman–Crippen LogP) is 14.1. The number of hydrogen-bond acceptors (Lipinski definition) is 5. The van der Waals surface area contributed by atoms with E-state index >= 15 is 0 Å². The Kier molecular flexibility index (Phi) is 7.64. The van der Waals surface area contributed by atoms with Crippen LogP contribution in [-0.2, 0) is 0 Å². The van der Waals surface area contributed by atoms with Crippen molar-refractivity contribution in [3.8, 4) is 67.5 Å². The van der Waals surface area contributed by atoms with E-state index < -0.39 is 0 Å². The number of furan rings is 1. The van der Waals surface area contributed by atoms with E-state index in [0.29, 0.717) is 17.5 Å². The van der Waals surface area contributed by atoms with Gasteiger partial charge in [-0.05, 0) is 52.1 Å². The molecule has 0 radical (unpaired) electrons. The SMILES string of the molecule is c1ccc(-c2ccc(-c3nc(-c4ccccc4)nc(-c4cc(-c5ccc6c(sc7ccccc76)c5-c5ccccc5)cc5oc6ccccc6c45)n3)cc2)cc1. The Bertz CT molecular complexity index is 3230. The molecule has 5 heteroatoms. The molecule has 0 spiro atoms. The van der Waals surface area contributed by atoms with Crippen molar-refractivity contribution < 1.29 is 4.42 Å². The molecule has 0 N–H and O–H groups in total. The van der Waals surface area contributed by atoms with Gasteiger partial charge in [0.2, 0.25) is 0 Å². The largest absolute Gasteiger partial charge is 0.456 e. The van der Waals surface area contributed by atoms with Crippen LogP contribution in [0.25, 0.3) is 110 Å². The van der Waals surface area contributed by atoms with Crippen molar-refractivity contribution in [1.29, 1.82) is 0 Å². The van der Waals surface area contributed by atoms with Crippen molar-refractivity contribution in [2.75, 3.05) is 0 Å². The minimum atomic E-state index is 0.587. The van der Waals surface area contributed by atoms with Gasteiger partial charge in [0.05, 0.1) is 0 Å². The van der Waals surface area contributed by atoms with Crippen LogP contribution in [0, 0.1) is 0 Å². The number of nitrogens with zero attached hydrogens (tertiary/aromatic N) is 3. The zero-order valence-corrected chi connectivity index (χ0v) is 30.9. The van der Waals surface area contributed by atoms with Crippen molar-refractivity contribution in [2.24, 2.45) is 0 Å². The number of hydrogen-bond donors (Lipinski definition) is 0. The van der Waals surface area contributed by atoms with E-state index in [1.807, 2.05) is 59.9 Å². The fraction of sp³-hybridized carbons (Fsp3) is 0. The molecular weight excluding hydrogens is 703 g/mol. The van der Waals surface area contributed by atoms with Crippen LogP contribution in [0.3, 0.4) is 0 Å². The highest BCUT2D eigenvalue weighted by atomic mass is 32.1. The first-order valence-corrected chi connectivity index (χ1v) is 19.5. The van der Waals surface area contributed by atoms with E-state index in [2.05, 4.69) is 140 Å². The lowest BCUT2D eigenvalue weighted by molar-refractivity contribution is 0.669. The van der Waals surface area contributed by atoms with Gasteiger partial charge in [-0.25, -0.2) is 15.0 Å². The predicted molar refractivity (Wildman–Crippen MR) is 233 cm³/mol. The van der Waals surface area contributed by atoms with Crippen LogP contribution in [0.4, 0.5) is 0 Å². The second kappa shape index (κ2) is 13.3. The highest BCUT2D eigenvalue weighted by Gasteiger charge is 2.22. The van der Waals surface area contributed by atoms with Crippen molar-refractivity contribution in [2.45, 2.75) is 0 Å². The second-order valence-electron chi connectivity index (χ2n) is 13.9. The van der Waals surface area contributed by atoms with Gasteiger partial charge in [-0.1, -0.05) is 164 Å². The quantitative estimate of drug-likeness (QED) is 0.171. The van der Waals surface area contributed by atoms with Crippen molar-refractivity contribution in [1.82, 2.24) is 15.0 Å². The summed E-state index contributed by atoms with van der Waals surface area (Å²) >= 11 is 1.84. The molecule has 4 nitrogen and oxygen atoms in total. The highest BCUT2D eigenvalue weighted by Crippen LogP contribution is 2.47. The lowest BCUT2D eigenvalue weighted by Crippen LogP contribution is -2.01. The molecule has 0 aliphatic heterocycles. The van der Waals surface area contributed by atoms with Gasteiger partial charge < -0.3 is 4.42 Å². The molecule has 0 saturated heterocycles. The number of fused-ring (bicyclic) bond motifs is 6. The summed E-state index contributed by atoms with van der Waals surface area (Å²) in [7, 11) is 0. The molecule has 262 valence electrons. The minimum absolute atomic E-state index is 0.587. The molecular formula is C51H31N3OS. The average Bonchev–Trinajstić information content (AvgIpc) is 3.85. The Morgan fingerprint density at radius 3 is 1.64 bits per heavy atom. The van der Waals surface area contributed by atoms with E-state index in [0.717, 1.165) is 60.9 Å². The maximum atomic E-state index is 6.67. The lowest BCUT2D eigenvalue weighted by atomic mass is 9.91. The summed E-state index contributed by atoms with van der Waals surface area (Å²) < 4.78 is 9.20. The Balaban J connectivity index is 1.18. The monoisotopic (exact) mass is 733 g/mol. The molecule has 0 aliphatic rings. The number of rotatable bonds is 6. The Morgan fingerprint density at radius 1 is 0.357 bits per heavy atom. The smallest absolute Gasteiger partial charge is 0.164 e. The summed E-state index contributed by atoms with van der Waals surface area (Å²) in [6, 6.07) is 65.6. The topological polar surface area (TPSA) is 51.8 Å². The summed E-state index contributed by atoms with van der Waals surface area (Å²) in [5, 5.41) is 4.52. The van der Waals surface area contributed by atoms with E-state index in [1.165, 1.54) is 31.3 Å². The summed E-state index contributed by atoms with van der Waals surface area (Å²) in [5.41, 5.74) is 11.1. The Labute approximate surface area is 327 Å². The van der Waals surface area contributed by atoms with Crippen LogP contribution in [0.2, 0.25) is 0 Å². The molecule has 56 heavy (non-hydrogen) atoms. The molecule has 0 amide bonds. The number of para-hydroxylation sites is 1. The summed E-state index contributed by atoms with van der Waals surface area (Å²) in [6.07, 6.45) is 0. The standard InChI is InChI=1S/C51H31N3OS/c1-4-14-32(15-5-1)33-24-26-36(27-25-33)50-52-49(35-18-8-3-9-19-35)53-51(54-50)42-30-37(31-44-47(42)41-21-10-12-22-43(41)55-44)38-28-29-40-39-20-11-13-23-45(39)56-48(40)46(38)34-16-6-2-7-17-34/h1-31H.